The van der Waals surface area contributed by atoms with E-state index in [-0.39, 0.29) is 12.1 Å². The van der Waals surface area contributed by atoms with Gasteiger partial charge in [-0.2, -0.15) is 0 Å². The maximum Gasteiger partial charge on any atom is 0.331 e. The van der Waals surface area contributed by atoms with Gasteiger partial charge in [0, 0.05) is 31.6 Å². The van der Waals surface area contributed by atoms with E-state index in [0.717, 1.165) is 21.9 Å². The number of rotatable bonds is 5. The molecule has 2 rings (SSSR count). The Balaban J connectivity index is 2.39. The predicted molar refractivity (Wildman–Crippen MR) is 84.7 cm³/mol. The third kappa shape index (κ3) is 3.19. The van der Waals surface area contributed by atoms with Crippen LogP contribution < -0.4 is 5.32 Å². The molecule has 1 aromatic heterocycles. The molecule has 0 unspecified atom stereocenters. The summed E-state index contributed by atoms with van der Waals surface area (Å²) in [5.41, 5.74) is 2.70. The van der Waals surface area contributed by atoms with Gasteiger partial charge in [-0.1, -0.05) is 0 Å². The Bertz CT molecular complexity index is 688. The lowest BCUT2D eigenvalue weighted by Crippen LogP contribution is -2.53. The van der Waals surface area contributed by atoms with Gasteiger partial charge in [0.1, 0.15) is 5.57 Å². The molecule has 0 aromatic carbocycles. The number of hydrogen-bond donors (Lipinski definition) is 1. The highest BCUT2D eigenvalue weighted by Crippen LogP contribution is 2.20. The summed E-state index contributed by atoms with van der Waals surface area (Å²) in [5.74, 6) is -1.23. The number of barbiturate groups is 1. The number of likely N-dealkylation sites (N-methyl/N-ethyl adjacent to an activating group) is 1. The van der Waals surface area contributed by atoms with Gasteiger partial charge in [-0.25, -0.2) is 4.79 Å². The van der Waals surface area contributed by atoms with Crippen LogP contribution in [-0.4, -0.2) is 47.6 Å². The third-order valence-corrected chi connectivity index (χ3v) is 3.93. The molecule has 1 N–H and O–H groups in total. The minimum absolute atomic E-state index is 0.0292. The number of aromatic nitrogens is 1. The van der Waals surface area contributed by atoms with E-state index in [4.69, 9.17) is 4.74 Å². The first kappa shape index (κ1) is 17.0. The average Bonchev–Trinajstić information content (AvgIpc) is 2.76. The first-order chi connectivity index (χ1) is 10.9. The van der Waals surface area contributed by atoms with E-state index in [2.05, 4.69) is 9.88 Å². The Morgan fingerprint density at radius 3 is 2.57 bits per heavy atom. The van der Waals surface area contributed by atoms with Crippen LogP contribution in [-0.2, 0) is 20.9 Å². The van der Waals surface area contributed by atoms with E-state index in [1.54, 1.807) is 20.1 Å². The van der Waals surface area contributed by atoms with Crippen molar-refractivity contribution in [1.29, 1.82) is 0 Å². The molecule has 23 heavy (non-hydrogen) atoms. The second-order valence-electron chi connectivity index (χ2n) is 5.34. The van der Waals surface area contributed by atoms with Gasteiger partial charge in [0.2, 0.25) is 0 Å². The number of methoxy groups -OCH3 is 1. The molecule has 1 fully saturated rings. The largest absolute Gasteiger partial charge is 0.383 e. The molecule has 124 valence electrons. The van der Waals surface area contributed by atoms with Crippen LogP contribution in [0.1, 0.15) is 23.9 Å². The summed E-state index contributed by atoms with van der Waals surface area (Å²) in [6, 6.07) is 1.23. The van der Waals surface area contributed by atoms with Crippen molar-refractivity contribution in [2.75, 3.05) is 20.3 Å². The molecule has 0 saturated carbocycles. The summed E-state index contributed by atoms with van der Waals surface area (Å²) in [5, 5.41) is 2.19. The lowest BCUT2D eigenvalue weighted by molar-refractivity contribution is -0.129. The number of nitrogens with one attached hydrogen (secondary N) is 1. The normalized spacial score (nSPS) is 17.1. The first-order valence-electron chi connectivity index (χ1n) is 7.45. The van der Waals surface area contributed by atoms with Crippen molar-refractivity contribution in [3.8, 4) is 0 Å². The van der Waals surface area contributed by atoms with Crippen LogP contribution in [0.25, 0.3) is 6.08 Å². The topological polar surface area (TPSA) is 80.6 Å². The molecule has 0 radical (unpaired) electrons. The highest BCUT2D eigenvalue weighted by molar-refractivity contribution is 6.31. The molecule has 7 heteroatoms. The molecule has 4 amide bonds. The van der Waals surface area contributed by atoms with E-state index in [0.29, 0.717) is 13.2 Å². The fourth-order valence-electron chi connectivity index (χ4n) is 2.64. The monoisotopic (exact) mass is 319 g/mol. The van der Waals surface area contributed by atoms with E-state index in [9.17, 15) is 14.4 Å². The van der Waals surface area contributed by atoms with E-state index >= 15 is 0 Å². The number of nitrogens with zero attached hydrogens (tertiary/aromatic N) is 2. The van der Waals surface area contributed by atoms with Crippen molar-refractivity contribution < 1.29 is 19.1 Å². The number of urea groups is 1. The Labute approximate surface area is 134 Å². The molecule has 2 heterocycles. The van der Waals surface area contributed by atoms with Crippen molar-refractivity contribution in [3.63, 3.8) is 0 Å². The van der Waals surface area contributed by atoms with Crippen LogP contribution in [0.5, 0.6) is 0 Å². The predicted octanol–water partition coefficient (Wildman–Crippen LogP) is 1.23. The lowest BCUT2D eigenvalue weighted by atomic mass is 10.1. The van der Waals surface area contributed by atoms with Crippen LogP contribution in [0.3, 0.4) is 0 Å². The van der Waals surface area contributed by atoms with Crippen molar-refractivity contribution in [2.45, 2.75) is 27.3 Å². The van der Waals surface area contributed by atoms with Gasteiger partial charge in [-0.15, -0.1) is 0 Å². The summed E-state index contributed by atoms with van der Waals surface area (Å²) in [7, 11) is 1.64. The zero-order valence-electron chi connectivity index (χ0n) is 13.8. The Kier molecular flexibility index (Phi) is 5.00. The van der Waals surface area contributed by atoms with Gasteiger partial charge in [0.15, 0.2) is 0 Å². The van der Waals surface area contributed by atoms with Gasteiger partial charge < -0.3 is 9.30 Å². The van der Waals surface area contributed by atoms with E-state index in [1.165, 1.54) is 0 Å². The molecule has 0 aliphatic carbocycles. The minimum atomic E-state index is -0.676. The Hall–Kier alpha value is -2.41. The summed E-state index contributed by atoms with van der Waals surface area (Å²) in [6.45, 7) is 7.03. The van der Waals surface area contributed by atoms with Gasteiger partial charge in [0.25, 0.3) is 11.8 Å². The summed E-state index contributed by atoms with van der Waals surface area (Å²) in [6.07, 6.45) is 1.54. The molecule has 1 saturated heterocycles. The molecular formula is C16H21N3O4. The summed E-state index contributed by atoms with van der Waals surface area (Å²) >= 11 is 0. The number of carbonyl (C=O) groups excluding carboxylic acids is 3. The molecule has 0 atom stereocenters. The van der Waals surface area contributed by atoms with Gasteiger partial charge in [-0.05, 0) is 38.5 Å². The zero-order valence-corrected chi connectivity index (χ0v) is 13.8. The Morgan fingerprint density at radius 1 is 1.26 bits per heavy atom. The van der Waals surface area contributed by atoms with Gasteiger partial charge >= 0.3 is 6.03 Å². The minimum Gasteiger partial charge on any atom is -0.383 e. The van der Waals surface area contributed by atoms with Crippen molar-refractivity contribution in [1.82, 2.24) is 14.8 Å². The van der Waals surface area contributed by atoms with Crippen LogP contribution in [0, 0.1) is 13.8 Å². The third-order valence-electron chi connectivity index (χ3n) is 3.93. The smallest absolute Gasteiger partial charge is 0.331 e. The quantitative estimate of drug-likeness (QED) is 0.654. The average molecular weight is 319 g/mol. The van der Waals surface area contributed by atoms with Crippen LogP contribution >= 0.6 is 0 Å². The van der Waals surface area contributed by atoms with Crippen molar-refractivity contribution in [3.05, 3.63) is 28.6 Å². The second kappa shape index (κ2) is 6.78. The number of hydrogen-bond acceptors (Lipinski definition) is 4. The van der Waals surface area contributed by atoms with Crippen molar-refractivity contribution >= 4 is 23.9 Å². The first-order valence-corrected chi connectivity index (χ1v) is 7.45. The number of ether oxygens (including phenoxy) is 1. The molecule has 7 nitrogen and oxygen atoms in total. The fraction of sp³-hybridized carbons (Fsp3) is 0.438. The molecule has 1 aliphatic rings. The number of aryl methyl sites for hydroxylation is 1. The highest BCUT2D eigenvalue weighted by Gasteiger charge is 2.34. The maximum atomic E-state index is 12.3. The second-order valence-corrected chi connectivity index (χ2v) is 5.34. The maximum absolute atomic E-state index is 12.3. The summed E-state index contributed by atoms with van der Waals surface area (Å²) < 4.78 is 7.15. The lowest BCUT2D eigenvalue weighted by Gasteiger charge is -2.24. The molecule has 1 aromatic rings. The highest BCUT2D eigenvalue weighted by atomic mass is 16.5. The molecular weight excluding hydrogens is 298 g/mol. The number of imide groups is 2. The number of carbonyl (C=O) groups is 3. The van der Waals surface area contributed by atoms with Crippen LogP contribution in [0.4, 0.5) is 4.79 Å². The van der Waals surface area contributed by atoms with E-state index < -0.39 is 17.8 Å². The fourth-order valence-corrected chi connectivity index (χ4v) is 2.64. The van der Waals surface area contributed by atoms with E-state index in [1.807, 2.05) is 19.9 Å². The zero-order chi connectivity index (χ0) is 17.1. The Morgan fingerprint density at radius 2 is 1.96 bits per heavy atom. The number of amides is 4. The van der Waals surface area contributed by atoms with Gasteiger partial charge in [-0.3, -0.25) is 19.8 Å². The van der Waals surface area contributed by atoms with Gasteiger partial charge in [0.05, 0.1) is 6.61 Å². The summed E-state index contributed by atoms with van der Waals surface area (Å²) in [4.78, 5) is 36.9. The molecule has 0 spiro atoms. The SMILES string of the molecule is CCN1C(=O)NC(=O)C(=Cc2cc(C)n(CCOC)c2C)C1=O. The van der Waals surface area contributed by atoms with Crippen molar-refractivity contribution in [2.24, 2.45) is 0 Å². The standard InChI is InChI=1S/C16H21N3O4/c1-5-18-15(21)13(14(20)17-16(18)22)9-12-8-10(2)19(11(12)3)6-7-23-4/h8-9H,5-7H2,1-4H3,(H,17,20,22). The van der Waals surface area contributed by atoms with Crippen LogP contribution in [0.2, 0.25) is 0 Å². The molecule has 1 aliphatic heterocycles. The van der Waals surface area contributed by atoms with Crippen LogP contribution in [0.15, 0.2) is 11.6 Å². The molecule has 0 bridgehead atoms.